The fraction of sp³-hybridized carbons (Fsp3) is 0.333. The second-order valence-electron chi connectivity index (χ2n) is 5.15. The summed E-state index contributed by atoms with van der Waals surface area (Å²) in [5, 5.41) is 3.20. The van der Waals surface area contributed by atoms with Crippen LogP contribution in [0.2, 0.25) is 0 Å². The third kappa shape index (κ3) is 4.32. The van der Waals surface area contributed by atoms with Gasteiger partial charge in [0.1, 0.15) is 0 Å². The Morgan fingerprint density at radius 3 is 2.43 bits per heavy atom. The molecule has 0 amide bonds. The van der Waals surface area contributed by atoms with Crippen LogP contribution in [0.1, 0.15) is 25.3 Å². The summed E-state index contributed by atoms with van der Waals surface area (Å²) in [4.78, 5) is 2.39. The van der Waals surface area contributed by atoms with Gasteiger partial charge in [-0.3, -0.25) is 0 Å². The zero-order valence-electron chi connectivity index (χ0n) is 12.8. The molecule has 0 unspecified atom stereocenters. The number of unbranched alkanes of at least 4 members (excludes halogenated alkanes) is 1. The van der Waals surface area contributed by atoms with Crippen molar-refractivity contribution in [3.05, 3.63) is 58.6 Å². The molecule has 0 aliphatic rings. The van der Waals surface area contributed by atoms with Crippen molar-refractivity contribution in [2.75, 3.05) is 18.5 Å². The Balaban J connectivity index is 2.30. The molecule has 3 heteroatoms. The van der Waals surface area contributed by atoms with Crippen molar-refractivity contribution in [2.45, 2.75) is 26.3 Å². The molecule has 0 fully saturated rings. The number of halogens is 1. The van der Waals surface area contributed by atoms with Gasteiger partial charge in [-0.2, -0.15) is 0 Å². The van der Waals surface area contributed by atoms with E-state index < -0.39 is 0 Å². The van der Waals surface area contributed by atoms with E-state index in [4.69, 9.17) is 0 Å². The van der Waals surface area contributed by atoms with Gasteiger partial charge in [-0.15, -0.1) is 0 Å². The molecular weight excluding hydrogens is 324 g/mol. The Bertz CT molecular complexity index is 554. The van der Waals surface area contributed by atoms with E-state index >= 15 is 0 Å². The first-order valence-corrected chi connectivity index (χ1v) is 8.31. The van der Waals surface area contributed by atoms with Crippen LogP contribution in [0, 0.1) is 0 Å². The van der Waals surface area contributed by atoms with Crippen molar-refractivity contribution in [2.24, 2.45) is 0 Å². The third-order valence-electron chi connectivity index (χ3n) is 3.52. The van der Waals surface area contributed by atoms with Crippen molar-refractivity contribution < 1.29 is 0 Å². The van der Waals surface area contributed by atoms with Gasteiger partial charge in [0.05, 0.1) is 0 Å². The topological polar surface area (TPSA) is 15.3 Å². The van der Waals surface area contributed by atoms with Gasteiger partial charge in [-0.25, -0.2) is 0 Å². The Morgan fingerprint density at radius 1 is 1.05 bits per heavy atom. The second-order valence-corrected chi connectivity index (χ2v) is 6.00. The molecule has 2 aromatic rings. The van der Waals surface area contributed by atoms with Crippen LogP contribution < -0.4 is 10.2 Å². The van der Waals surface area contributed by atoms with Gasteiger partial charge in [0.15, 0.2) is 0 Å². The molecular formula is C18H23BrN2. The van der Waals surface area contributed by atoms with Gasteiger partial charge in [0.25, 0.3) is 0 Å². The minimum Gasteiger partial charge on any atom is -0.341 e. The Morgan fingerprint density at radius 2 is 1.81 bits per heavy atom. The van der Waals surface area contributed by atoms with E-state index in [0.29, 0.717) is 0 Å². The highest BCUT2D eigenvalue weighted by Gasteiger charge is 2.10. The van der Waals surface area contributed by atoms with Crippen molar-refractivity contribution >= 4 is 27.3 Å². The van der Waals surface area contributed by atoms with E-state index in [1.165, 1.54) is 29.8 Å². The molecule has 0 saturated heterocycles. The lowest BCUT2D eigenvalue weighted by molar-refractivity contribution is 0.784. The van der Waals surface area contributed by atoms with Gasteiger partial charge in [-0.1, -0.05) is 53.5 Å². The first kappa shape index (κ1) is 16.1. The van der Waals surface area contributed by atoms with Gasteiger partial charge < -0.3 is 10.2 Å². The Hall–Kier alpha value is -1.32. The van der Waals surface area contributed by atoms with Crippen molar-refractivity contribution in [1.82, 2.24) is 5.32 Å². The predicted molar refractivity (Wildman–Crippen MR) is 95.3 cm³/mol. The fourth-order valence-electron chi connectivity index (χ4n) is 2.37. The summed E-state index contributed by atoms with van der Waals surface area (Å²) in [7, 11) is 1.97. The highest BCUT2D eigenvalue weighted by molar-refractivity contribution is 9.10. The molecule has 1 N–H and O–H groups in total. The van der Waals surface area contributed by atoms with Crippen LogP contribution >= 0.6 is 15.9 Å². The van der Waals surface area contributed by atoms with Crippen LogP contribution in [0.15, 0.2) is 53.0 Å². The zero-order chi connectivity index (χ0) is 15.1. The number of nitrogens with one attached hydrogen (secondary N) is 1. The Kier molecular flexibility index (Phi) is 6.27. The quantitative estimate of drug-likeness (QED) is 0.749. The summed E-state index contributed by atoms with van der Waals surface area (Å²) in [5.41, 5.74) is 3.77. The van der Waals surface area contributed by atoms with Crippen LogP contribution in [0.5, 0.6) is 0 Å². The summed E-state index contributed by atoms with van der Waals surface area (Å²) >= 11 is 3.69. The maximum atomic E-state index is 3.69. The largest absolute Gasteiger partial charge is 0.341 e. The first-order valence-electron chi connectivity index (χ1n) is 7.52. The van der Waals surface area contributed by atoms with Gasteiger partial charge in [0, 0.05) is 28.9 Å². The number of anilines is 2. The molecule has 2 nitrogen and oxygen atoms in total. The molecule has 0 saturated carbocycles. The van der Waals surface area contributed by atoms with Crippen LogP contribution in [0.25, 0.3) is 0 Å². The van der Waals surface area contributed by atoms with E-state index in [-0.39, 0.29) is 0 Å². The summed E-state index contributed by atoms with van der Waals surface area (Å²) in [5.74, 6) is 0. The van der Waals surface area contributed by atoms with Crippen LogP contribution in [-0.2, 0) is 6.54 Å². The lowest BCUT2D eigenvalue weighted by Gasteiger charge is -2.25. The number of hydrogen-bond donors (Lipinski definition) is 1. The van der Waals surface area contributed by atoms with Crippen molar-refractivity contribution in [3.63, 3.8) is 0 Å². The van der Waals surface area contributed by atoms with Crippen LogP contribution in [-0.4, -0.2) is 13.6 Å². The lowest BCUT2D eigenvalue weighted by atomic mass is 10.1. The lowest BCUT2D eigenvalue weighted by Crippen LogP contribution is -2.18. The maximum Gasteiger partial charge on any atom is 0.0422 e. The SMILES string of the molecule is CCCCN(c1ccccc1)c1ccc(CNC)c(Br)c1. The standard InChI is InChI=1S/C18H23BrN2/c1-3-4-12-21(16-8-6-5-7-9-16)17-11-10-15(14-20-2)18(19)13-17/h5-11,13,20H,3-4,12,14H2,1-2H3. The fourth-order valence-corrected chi connectivity index (χ4v) is 2.88. The predicted octanol–water partition coefficient (Wildman–Crippen LogP) is 5.11. The average molecular weight is 347 g/mol. The number of nitrogens with zero attached hydrogens (tertiary/aromatic N) is 1. The number of hydrogen-bond acceptors (Lipinski definition) is 2. The molecule has 0 aliphatic heterocycles. The van der Waals surface area contributed by atoms with E-state index in [1.807, 2.05) is 7.05 Å². The molecule has 21 heavy (non-hydrogen) atoms. The molecule has 0 aliphatic carbocycles. The molecule has 0 spiro atoms. The average Bonchev–Trinajstić information content (AvgIpc) is 2.51. The van der Waals surface area contributed by atoms with Crippen LogP contribution in [0.4, 0.5) is 11.4 Å². The van der Waals surface area contributed by atoms with Gasteiger partial charge in [0.2, 0.25) is 0 Å². The van der Waals surface area contributed by atoms with Gasteiger partial charge in [-0.05, 0) is 43.3 Å². The van der Waals surface area contributed by atoms with E-state index in [9.17, 15) is 0 Å². The zero-order valence-corrected chi connectivity index (χ0v) is 14.4. The Labute approximate surface area is 136 Å². The monoisotopic (exact) mass is 346 g/mol. The molecule has 0 aromatic heterocycles. The van der Waals surface area contributed by atoms with Crippen molar-refractivity contribution in [1.29, 1.82) is 0 Å². The summed E-state index contributed by atoms with van der Waals surface area (Å²) in [6, 6.07) is 17.2. The molecule has 0 radical (unpaired) electrons. The first-order chi connectivity index (χ1) is 10.3. The maximum absolute atomic E-state index is 3.69. The normalized spacial score (nSPS) is 10.6. The van der Waals surface area contributed by atoms with Gasteiger partial charge >= 0.3 is 0 Å². The summed E-state index contributed by atoms with van der Waals surface area (Å²) < 4.78 is 1.16. The van der Waals surface area contributed by atoms with Crippen molar-refractivity contribution in [3.8, 4) is 0 Å². The smallest absolute Gasteiger partial charge is 0.0422 e. The molecule has 2 rings (SSSR count). The minimum absolute atomic E-state index is 0.876. The highest BCUT2D eigenvalue weighted by Crippen LogP contribution is 2.30. The highest BCUT2D eigenvalue weighted by atomic mass is 79.9. The van der Waals surface area contributed by atoms with E-state index in [2.05, 4.69) is 81.6 Å². The number of para-hydroxylation sites is 1. The second kappa shape index (κ2) is 8.20. The number of rotatable bonds is 7. The molecule has 0 heterocycles. The number of benzene rings is 2. The minimum atomic E-state index is 0.876. The molecule has 0 bridgehead atoms. The van der Waals surface area contributed by atoms with E-state index in [1.54, 1.807) is 0 Å². The van der Waals surface area contributed by atoms with Crippen LogP contribution in [0.3, 0.4) is 0 Å². The molecule has 0 atom stereocenters. The summed E-state index contributed by atoms with van der Waals surface area (Å²) in [6.45, 7) is 4.15. The molecule has 112 valence electrons. The third-order valence-corrected chi connectivity index (χ3v) is 4.26. The van der Waals surface area contributed by atoms with E-state index in [0.717, 1.165) is 17.6 Å². The molecule has 2 aromatic carbocycles. The summed E-state index contributed by atoms with van der Waals surface area (Å²) in [6.07, 6.45) is 2.38.